The van der Waals surface area contributed by atoms with Gasteiger partial charge in [0.25, 0.3) is 0 Å². The lowest BCUT2D eigenvalue weighted by atomic mass is 10.1. The van der Waals surface area contributed by atoms with Gasteiger partial charge >= 0.3 is 0 Å². The van der Waals surface area contributed by atoms with E-state index in [0.717, 1.165) is 30.6 Å². The molecule has 0 spiro atoms. The van der Waals surface area contributed by atoms with Crippen molar-refractivity contribution >= 4 is 10.8 Å². The van der Waals surface area contributed by atoms with E-state index in [4.69, 9.17) is 9.47 Å². The van der Waals surface area contributed by atoms with E-state index < -0.39 is 0 Å². The summed E-state index contributed by atoms with van der Waals surface area (Å²) in [4.78, 5) is 0. The molecule has 0 saturated carbocycles. The molecule has 0 bridgehead atoms. The van der Waals surface area contributed by atoms with Gasteiger partial charge in [0.05, 0.1) is 6.61 Å². The van der Waals surface area contributed by atoms with E-state index in [2.05, 4.69) is 18.2 Å². The third kappa shape index (κ3) is 2.27. The maximum absolute atomic E-state index is 5.95. The average Bonchev–Trinajstić information content (AvgIpc) is 2.40. The first-order valence-corrected chi connectivity index (χ1v) is 6.19. The molecular formula is C15H16O2. The van der Waals surface area contributed by atoms with Gasteiger partial charge in [-0.1, -0.05) is 36.4 Å². The fourth-order valence-electron chi connectivity index (χ4n) is 2.24. The van der Waals surface area contributed by atoms with Gasteiger partial charge in [-0.25, -0.2) is 0 Å². The molecule has 0 N–H and O–H groups in total. The predicted molar refractivity (Wildman–Crippen MR) is 68.2 cm³/mol. The molecular weight excluding hydrogens is 212 g/mol. The Kier molecular flexibility index (Phi) is 2.97. The van der Waals surface area contributed by atoms with E-state index in [-0.39, 0.29) is 6.29 Å². The van der Waals surface area contributed by atoms with Gasteiger partial charge in [0.2, 0.25) is 0 Å². The van der Waals surface area contributed by atoms with Crippen molar-refractivity contribution in [2.75, 3.05) is 6.61 Å². The van der Waals surface area contributed by atoms with Crippen molar-refractivity contribution in [3.8, 4) is 5.75 Å². The maximum Gasteiger partial charge on any atom is 0.199 e. The lowest BCUT2D eigenvalue weighted by Crippen LogP contribution is -2.25. The molecule has 2 heteroatoms. The van der Waals surface area contributed by atoms with Crippen LogP contribution in [0.1, 0.15) is 19.3 Å². The van der Waals surface area contributed by atoms with Gasteiger partial charge in [-0.05, 0) is 24.3 Å². The second-order valence-electron chi connectivity index (χ2n) is 4.39. The van der Waals surface area contributed by atoms with Crippen LogP contribution in [-0.2, 0) is 4.74 Å². The van der Waals surface area contributed by atoms with E-state index in [1.807, 2.05) is 24.3 Å². The molecule has 0 aromatic heterocycles. The topological polar surface area (TPSA) is 18.5 Å². The molecule has 1 fully saturated rings. The summed E-state index contributed by atoms with van der Waals surface area (Å²) in [5.41, 5.74) is 0. The molecule has 1 aliphatic rings. The summed E-state index contributed by atoms with van der Waals surface area (Å²) in [6.45, 7) is 0.815. The van der Waals surface area contributed by atoms with E-state index in [1.54, 1.807) is 0 Å². The zero-order chi connectivity index (χ0) is 11.5. The molecule has 1 unspecified atom stereocenters. The highest BCUT2D eigenvalue weighted by molar-refractivity contribution is 5.88. The van der Waals surface area contributed by atoms with E-state index in [1.165, 1.54) is 11.8 Å². The molecule has 3 rings (SSSR count). The molecule has 17 heavy (non-hydrogen) atoms. The molecule has 2 aromatic carbocycles. The van der Waals surface area contributed by atoms with E-state index >= 15 is 0 Å². The van der Waals surface area contributed by atoms with Crippen LogP contribution in [0, 0.1) is 0 Å². The number of hydrogen-bond donors (Lipinski definition) is 0. The number of fused-ring (bicyclic) bond motifs is 1. The quantitative estimate of drug-likeness (QED) is 0.779. The highest BCUT2D eigenvalue weighted by Gasteiger charge is 2.15. The Morgan fingerprint density at radius 1 is 1.00 bits per heavy atom. The van der Waals surface area contributed by atoms with Gasteiger partial charge in [0, 0.05) is 11.8 Å². The molecule has 88 valence electrons. The van der Waals surface area contributed by atoms with Gasteiger partial charge in [0.1, 0.15) is 5.75 Å². The summed E-state index contributed by atoms with van der Waals surface area (Å²) in [7, 11) is 0. The van der Waals surface area contributed by atoms with E-state index in [0.29, 0.717) is 0 Å². The Balaban J connectivity index is 1.89. The van der Waals surface area contributed by atoms with Crippen molar-refractivity contribution in [3.63, 3.8) is 0 Å². The third-order valence-corrected chi connectivity index (χ3v) is 3.15. The summed E-state index contributed by atoms with van der Waals surface area (Å²) in [6, 6.07) is 14.4. The largest absolute Gasteiger partial charge is 0.464 e. The minimum atomic E-state index is -0.0745. The van der Waals surface area contributed by atoms with Crippen LogP contribution in [0.5, 0.6) is 5.75 Å². The molecule has 0 amide bonds. The minimum absolute atomic E-state index is 0.0745. The smallest absolute Gasteiger partial charge is 0.199 e. The van der Waals surface area contributed by atoms with Gasteiger partial charge in [-0.2, -0.15) is 0 Å². The molecule has 1 saturated heterocycles. The van der Waals surface area contributed by atoms with Crippen LogP contribution >= 0.6 is 0 Å². The van der Waals surface area contributed by atoms with Crippen molar-refractivity contribution in [2.45, 2.75) is 25.6 Å². The van der Waals surface area contributed by atoms with Crippen molar-refractivity contribution in [1.82, 2.24) is 0 Å². The van der Waals surface area contributed by atoms with Crippen LogP contribution in [0.15, 0.2) is 42.5 Å². The molecule has 2 aromatic rings. The normalized spacial score (nSPS) is 20.4. The molecule has 0 radical (unpaired) electrons. The summed E-state index contributed by atoms with van der Waals surface area (Å²) in [5.74, 6) is 0.926. The molecule has 1 aliphatic heterocycles. The molecule has 1 atom stereocenters. The van der Waals surface area contributed by atoms with Crippen LogP contribution < -0.4 is 4.74 Å². The van der Waals surface area contributed by atoms with Crippen LogP contribution in [0.2, 0.25) is 0 Å². The second-order valence-corrected chi connectivity index (χ2v) is 4.39. The van der Waals surface area contributed by atoms with Gasteiger partial charge in [0.15, 0.2) is 6.29 Å². The first kappa shape index (κ1) is 10.6. The SMILES string of the molecule is c1ccc2c(OC3CCCCO3)cccc2c1. The fourth-order valence-corrected chi connectivity index (χ4v) is 2.24. The third-order valence-electron chi connectivity index (χ3n) is 3.15. The van der Waals surface area contributed by atoms with Crippen molar-refractivity contribution in [3.05, 3.63) is 42.5 Å². The molecule has 0 aliphatic carbocycles. The van der Waals surface area contributed by atoms with Gasteiger partial charge < -0.3 is 9.47 Å². The first-order chi connectivity index (χ1) is 8.43. The number of benzene rings is 2. The highest BCUT2D eigenvalue weighted by Crippen LogP contribution is 2.27. The zero-order valence-electron chi connectivity index (χ0n) is 9.76. The zero-order valence-corrected chi connectivity index (χ0v) is 9.76. The van der Waals surface area contributed by atoms with Crippen LogP contribution in [0.25, 0.3) is 10.8 Å². The Labute approximate surface area is 101 Å². The van der Waals surface area contributed by atoms with Crippen LogP contribution in [0.3, 0.4) is 0 Å². The minimum Gasteiger partial charge on any atom is -0.464 e. The lowest BCUT2D eigenvalue weighted by molar-refractivity contribution is -0.105. The number of hydrogen-bond acceptors (Lipinski definition) is 2. The maximum atomic E-state index is 5.95. The van der Waals surface area contributed by atoms with Gasteiger partial charge in [-0.15, -0.1) is 0 Å². The van der Waals surface area contributed by atoms with Crippen molar-refractivity contribution in [2.24, 2.45) is 0 Å². The summed E-state index contributed by atoms with van der Waals surface area (Å²) in [5, 5.41) is 2.37. The van der Waals surface area contributed by atoms with Crippen molar-refractivity contribution < 1.29 is 9.47 Å². The Morgan fingerprint density at radius 2 is 1.88 bits per heavy atom. The Bertz CT molecular complexity index is 496. The average molecular weight is 228 g/mol. The van der Waals surface area contributed by atoms with Gasteiger partial charge in [-0.3, -0.25) is 0 Å². The lowest BCUT2D eigenvalue weighted by Gasteiger charge is -2.24. The number of ether oxygens (including phenoxy) is 2. The van der Waals surface area contributed by atoms with E-state index in [9.17, 15) is 0 Å². The second kappa shape index (κ2) is 4.76. The fraction of sp³-hybridized carbons (Fsp3) is 0.333. The Hall–Kier alpha value is -1.54. The monoisotopic (exact) mass is 228 g/mol. The van der Waals surface area contributed by atoms with Crippen molar-refractivity contribution in [1.29, 1.82) is 0 Å². The Morgan fingerprint density at radius 3 is 2.76 bits per heavy atom. The molecule has 1 heterocycles. The van der Waals surface area contributed by atoms with Crippen LogP contribution in [0.4, 0.5) is 0 Å². The summed E-state index contributed by atoms with van der Waals surface area (Å²) < 4.78 is 11.6. The summed E-state index contributed by atoms with van der Waals surface area (Å²) >= 11 is 0. The molecule has 2 nitrogen and oxygen atoms in total. The standard InChI is InChI=1S/C15H16O2/c1-2-8-13-12(6-1)7-5-9-14(13)17-15-10-3-4-11-16-15/h1-2,5-9,15H,3-4,10-11H2. The first-order valence-electron chi connectivity index (χ1n) is 6.19. The highest BCUT2D eigenvalue weighted by atomic mass is 16.7. The van der Waals surface area contributed by atoms with Crippen LogP contribution in [-0.4, -0.2) is 12.9 Å². The predicted octanol–water partition coefficient (Wildman–Crippen LogP) is 3.75. The number of rotatable bonds is 2. The summed E-state index contributed by atoms with van der Waals surface area (Å²) in [6.07, 6.45) is 3.25.